The predicted molar refractivity (Wildman–Crippen MR) is 86.3 cm³/mol. The molecule has 0 aliphatic carbocycles. The molecule has 0 unspecified atom stereocenters. The van der Waals surface area contributed by atoms with Crippen LogP contribution in [-0.2, 0) is 7.05 Å². The Labute approximate surface area is 137 Å². The molecule has 0 spiro atoms. The molecule has 0 aliphatic heterocycles. The van der Waals surface area contributed by atoms with Crippen LogP contribution < -0.4 is 5.32 Å². The van der Waals surface area contributed by atoms with E-state index in [4.69, 9.17) is 0 Å². The molecule has 0 saturated carbocycles. The van der Waals surface area contributed by atoms with E-state index in [-0.39, 0.29) is 11.3 Å². The number of carbonyl (C=O) groups excluding carboxylic acids is 1. The summed E-state index contributed by atoms with van der Waals surface area (Å²) in [7, 11) is 1.72. The van der Waals surface area contributed by atoms with Gasteiger partial charge in [-0.25, -0.2) is 8.78 Å². The van der Waals surface area contributed by atoms with E-state index in [1.165, 1.54) is 6.20 Å². The van der Waals surface area contributed by atoms with Gasteiger partial charge in [-0.2, -0.15) is 5.10 Å². The first-order chi connectivity index (χ1) is 11.4. The normalized spacial score (nSPS) is 10.9. The van der Waals surface area contributed by atoms with Crippen LogP contribution in [0, 0.1) is 25.5 Å². The van der Waals surface area contributed by atoms with Crippen molar-refractivity contribution in [1.29, 1.82) is 0 Å². The quantitative estimate of drug-likeness (QED) is 0.800. The Morgan fingerprint density at radius 2 is 1.79 bits per heavy atom. The summed E-state index contributed by atoms with van der Waals surface area (Å²) in [6.07, 6.45) is 1.40. The van der Waals surface area contributed by atoms with E-state index in [1.54, 1.807) is 11.7 Å². The molecule has 0 saturated heterocycles. The molecule has 2 heterocycles. The van der Waals surface area contributed by atoms with Crippen molar-refractivity contribution >= 4 is 11.6 Å². The van der Waals surface area contributed by atoms with Crippen molar-refractivity contribution in [2.45, 2.75) is 13.8 Å². The average molecular weight is 330 g/mol. The monoisotopic (exact) mass is 330 g/mol. The van der Waals surface area contributed by atoms with Gasteiger partial charge in [-0.3, -0.25) is 9.48 Å². The number of carbonyl (C=O) groups is 1. The Balaban J connectivity index is 2.02. The highest BCUT2D eigenvalue weighted by atomic mass is 19.1. The van der Waals surface area contributed by atoms with Crippen LogP contribution in [0.15, 0.2) is 36.5 Å². The van der Waals surface area contributed by atoms with E-state index in [0.29, 0.717) is 5.82 Å². The minimum atomic E-state index is -0.705. The molecule has 1 aromatic carbocycles. The molecular weight excluding hydrogens is 314 g/mol. The zero-order chi connectivity index (χ0) is 17.4. The second-order valence-electron chi connectivity index (χ2n) is 5.54. The van der Waals surface area contributed by atoms with Crippen LogP contribution in [0.1, 0.15) is 21.7 Å². The van der Waals surface area contributed by atoms with Gasteiger partial charge < -0.3 is 9.88 Å². The molecule has 1 N–H and O–H groups in total. The van der Waals surface area contributed by atoms with Crippen molar-refractivity contribution in [2.75, 3.05) is 5.32 Å². The van der Waals surface area contributed by atoms with Crippen LogP contribution in [0.25, 0.3) is 5.82 Å². The highest BCUT2D eigenvalue weighted by Gasteiger charge is 2.21. The second kappa shape index (κ2) is 5.92. The number of benzene rings is 1. The SMILES string of the molecule is Cc1ccc(C)n1-c1c(C(=O)Nc2cc(F)ccc2F)cnn1C. The van der Waals surface area contributed by atoms with Gasteiger partial charge in [-0.1, -0.05) is 0 Å². The number of hydrogen-bond acceptors (Lipinski definition) is 2. The number of amides is 1. The highest BCUT2D eigenvalue weighted by molar-refractivity contribution is 6.06. The van der Waals surface area contributed by atoms with Gasteiger partial charge in [0.15, 0.2) is 0 Å². The molecular formula is C17H16F2N4O. The Morgan fingerprint density at radius 3 is 2.46 bits per heavy atom. The standard InChI is InChI=1S/C17H16F2N4O/c1-10-4-5-11(2)23(10)17-13(9-20-22(17)3)16(24)21-15-8-12(18)6-7-14(15)19/h4-9H,1-3H3,(H,21,24). The first-order valence-corrected chi connectivity index (χ1v) is 7.32. The topological polar surface area (TPSA) is 51.9 Å². The summed E-state index contributed by atoms with van der Waals surface area (Å²) < 4.78 is 30.5. The summed E-state index contributed by atoms with van der Waals surface area (Å²) in [5, 5.41) is 6.53. The number of anilines is 1. The van der Waals surface area contributed by atoms with Crippen LogP contribution in [-0.4, -0.2) is 20.3 Å². The fraction of sp³-hybridized carbons (Fsp3) is 0.176. The molecule has 5 nitrogen and oxygen atoms in total. The molecule has 3 aromatic rings. The fourth-order valence-corrected chi connectivity index (χ4v) is 2.64. The highest BCUT2D eigenvalue weighted by Crippen LogP contribution is 2.22. The van der Waals surface area contributed by atoms with Gasteiger partial charge in [0.05, 0.1) is 11.9 Å². The van der Waals surface area contributed by atoms with Crippen molar-refractivity contribution in [1.82, 2.24) is 14.3 Å². The van der Waals surface area contributed by atoms with Crippen molar-refractivity contribution in [3.8, 4) is 5.82 Å². The molecule has 1 amide bonds. The third-order valence-corrected chi connectivity index (χ3v) is 3.81. The Morgan fingerprint density at radius 1 is 1.12 bits per heavy atom. The van der Waals surface area contributed by atoms with Crippen LogP contribution in [0.4, 0.5) is 14.5 Å². The van der Waals surface area contributed by atoms with E-state index in [1.807, 2.05) is 30.5 Å². The van der Waals surface area contributed by atoms with Gasteiger partial charge in [-0.05, 0) is 38.1 Å². The lowest BCUT2D eigenvalue weighted by Gasteiger charge is -2.13. The van der Waals surface area contributed by atoms with Gasteiger partial charge in [0, 0.05) is 24.5 Å². The molecule has 124 valence electrons. The lowest BCUT2D eigenvalue weighted by Crippen LogP contribution is -2.17. The molecule has 2 aromatic heterocycles. The first-order valence-electron chi connectivity index (χ1n) is 7.32. The minimum Gasteiger partial charge on any atom is -0.319 e. The lowest BCUT2D eigenvalue weighted by molar-refractivity contribution is 0.102. The van der Waals surface area contributed by atoms with Crippen LogP contribution >= 0.6 is 0 Å². The number of nitrogens with one attached hydrogen (secondary N) is 1. The summed E-state index contributed by atoms with van der Waals surface area (Å²) in [6, 6.07) is 6.75. The number of halogens is 2. The van der Waals surface area contributed by atoms with Gasteiger partial charge in [-0.15, -0.1) is 0 Å². The summed E-state index contributed by atoms with van der Waals surface area (Å²) in [6.45, 7) is 3.82. The van der Waals surface area contributed by atoms with E-state index < -0.39 is 17.5 Å². The summed E-state index contributed by atoms with van der Waals surface area (Å²) in [5.74, 6) is -1.34. The Kier molecular flexibility index (Phi) is 3.92. The Hall–Kier alpha value is -2.96. The van der Waals surface area contributed by atoms with E-state index in [9.17, 15) is 13.6 Å². The fourth-order valence-electron chi connectivity index (χ4n) is 2.64. The summed E-state index contributed by atoms with van der Waals surface area (Å²) >= 11 is 0. The van der Waals surface area contributed by atoms with Crippen LogP contribution in [0.2, 0.25) is 0 Å². The maximum absolute atomic E-state index is 13.7. The van der Waals surface area contributed by atoms with Gasteiger partial charge >= 0.3 is 0 Å². The number of rotatable bonds is 3. The molecule has 0 fully saturated rings. The van der Waals surface area contributed by atoms with Crippen molar-refractivity contribution in [3.63, 3.8) is 0 Å². The van der Waals surface area contributed by atoms with E-state index in [0.717, 1.165) is 29.6 Å². The van der Waals surface area contributed by atoms with Crippen LogP contribution in [0.3, 0.4) is 0 Å². The van der Waals surface area contributed by atoms with Crippen LogP contribution in [0.5, 0.6) is 0 Å². The summed E-state index contributed by atoms with van der Waals surface area (Å²) in [5.41, 5.74) is 1.92. The molecule has 3 rings (SSSR count). The van der Waals surface area contributed by atoms with E-state index in [2.05, 4.69) is 10.4 Å². The molecule has 7 heteroatoms. The predicted octanol–water partition coefficient (Wildman–Crippen LogP) is 3.36. The minimum absolute atomic E-state index is 0.212. The smallest absolute Gasteiger partial charge is 0.261 e. The molecule has 0 aliphatic rings. The number of hydrogen-bond donors (Lipinski definition) is 1. The largest absolute Gasteiger partial charge is 0.319 e. The van der Waals surface area contributed by atoms with E-state index >= 15 is 0 Å². The molecule has 0 radical (unpaired) electrons. The molecule has 24 heavy (non-hydrogen) atoms. The zero-order valence-corrected chi connectivity index (χ0v) is 13.5. The Bertz CT molecular complexity index is 907. The number of nitrogens with zero attached hydrogens (tertiary/aromatic N) is 3. The maximum Gasteiger partial charge on any atom is 0.261 e. The second-order valence-corrected chi connectivity index (χ2v) is 5.54. The zero-order valence-electron chi connectivity index (χ0n) is 13.5. The van der Waals surface area contributed by atoms with Gasteiger partial charge in [0.25, 0.3) is 5.91 Å². The molecule has 0 atom stereocenters. The van der Waals surface area contributed by atoms with Crippen molar-refractivity contribution < 1.29 is 13.6 Å². The maximum atomic E-state index is 13.7. The van der Waals surface area contributed by atoms with Crippen molar-refractivity contribution in [3.05, 3.63) is 65.1 Å². The number of aromatic nitrogens is 3. The van der Waals surface area contributed by atoms with Crippen molar-refractivity contribution in [2.24, 2.45) is 7.05 Å². The number of aryl methyl sites for hydroxylation is 3. The third-order valence-electron chi connectivity index (χ3n) is 3.81. The average Bonchev–Trinajstić information content (AvgIpc) is 3.05. The molecule has 0 bridgehead atoms. The lowest BCUT2D eigenvalue weighted by atomic mass is 10.2. The van der Waals surface area contributed by atoms with Gasteiger partial charge in [0.1, 0.15) is 23.0 Å². The summed E-state index contributed by atoms with van der Waals surface area (Å²) in [4.78, 5) is 12.6. The first kappa shape index (κ1) is 15.9. The van der Waals surface area contributed by atoms with Gasteiger partial charge in [0.2, 0.25) is 0 Å². The third kappa shape index (κ3) is 2.68.